The Bertz CT molecular complexity index is 520. The van der Waals surface area contributed by atoms with Crippen molar-refractivity contribution < 1.29 is 9.53 Å². The number of aromatic nitrogens is 1. The van der Waals surface area contributed by atoms with Crippen LogP contribution in [0.4, 0.5) is 0 Å². The van der Waals surface area contributed by atoms with Crippen molar-refractivity contribution in [2.24, 2.45) is 0 Å². The minimum Gasteiger partial charge on any atom is -0.374 e. The zero-order chi connectivity index (χ0) is 14.8. The number of rotatable bonds is 2. The molecule has 1 aromatic heterocycles. The van der Waals surface area contributed by atoms with Gasteiger partial charge in [0, 0.05) is 37.6 Å². The normalized spacial score (nSPS) is 26.5. The number of piperidine rings is 1. The Morgan fingerprint density at radius 3 is 3.14 bits per heavy atom. The molecule has 114 valence electrons. The number of ether oxygens (including phenoxy) is 1. The highest BCUT2D eigenvalue weighted by Gasteiger charge is 2.38. The molecule has 0 radical (unpaired) electrons. The van der Waals surface area contributed by atoms with Crippen LogP contribution in [0.15, 0.2) is 18.5 Å². The van der Waals surface area contributed by atoms with Crippen LogP contribution in [0, 0.1) is 0 Å². The van der Waals surface area contributed by atoms with Crippen molar-refractivity contribution in [2.75, 3.05) is 33.3 Å². The third-order valence-electron chi connectivity index (χ3n) is 4.56. The Morgan fingerprint density at radius 2 is 2.33 bits per heavy atom. The number of hydrogen-bond donors (Lipinski definition) is 0. The van der Waals surface area contributed by atoms with Gasteiger partial charge in [-0.15, -0.1) is 0 Å². The molecule has 1 amide bonds. The van der Waals surface area contributed by atoms with Crippen LogP contribution in [0.5, 0.6) is 0 Å². The van der Waals surface area contributed by atoms with Gasteiger partial charge in [0.2, 0.25) is 0 Å². The first-order valence-corrected chi connectivity index (χ1v) is 7.74. The number of pyridine rings is 1. The third kappa shape index (κ3) is 2.80. The van der Waals surface area contributed by atoms with E-state index in [0.717, 1.165) is 37.1 Å². The molecule has 1 aromatic rings. The van der Waals surface area contributed by atoms with Crippen molar-refractivity contribution in [3.05, 3.63) is 29.6 Å². The van der Waals surface area contributed by atoms with E-state index in [1.807, 2.05) is 11.0 Å². The summed E-state index contributed by atoms with van der Waals surface area (Å²) in [6.45, 7) is 5.31. The van der Waals surface area contributed by atoms with Gasteiger partial charge >= 0.3 is 0 Å². The van der Waals surface area contributed by atoms with E-state index in [-0.39, 0.29) is 18.1 Å². The lowest BCUT2D eigenvalue weighted by atomic mass is 9.97. The first-order chi connectivity index (χ1) is 10.2. The summed E-state index contributed by atoms with van der Waals surface area (Å²) in [5.74, 6) is 0.128. The maximum Gasteiger partial charge on any atom is 0.254 e. The Kier molecular flexibility index (Phi) is 4.22. The third-order valence-corrected chi connectivity index (χ3v) is 4.56. The summed E-state index contributed by atoms with van der Waals surface area (Å²) in [4.78, 5) is 21.4. The first kappa shape index (κ1) is 14.5. The number of likely N-dealkylation sites (N-methyl/N-ethyl adjacent to an activating group) is 1. The van der Waals surface area contributed by atoms with Crippen LogP contribution in [0.25, 0.3) is 0 Å². The van der Waals surface area contributed by atoms with Crippen molar-refractivity contribution in [3.8, 4) is 0 Å². The lowest BCUT2D eigenvalue weighted by Crippen LogP contribution is -2.60. The van der Waals surface area contributed by atoms with E-state index in [2.05, 4.69) is 23.9 Å². The Morgan fingerprint density at radius 1 is 1.48 bits per heavy atom. The second-order valence-electron chi connectivity index (χ2n) is 5.91. The highest BCUT2D eigenvalue weighted by molar-refractivity contribution is 5.95. The van der Waals surface area contributed by atoms with Gasteiger partial charge in [-0.3, -0.25) is 9.78 Å². The van der Waals surface area contributed by atoms with E-state index in [1.54, 1.807) is 12.4 Å². The zero-order valence-electron chi connectivity index (χ0n) is 12.8. The minimum atomic E-state index is 0.128. The molecule has 3 heterocycles. The molecule has 3 rings (SSSR count). The van der Waals surface area contributed by atoms with Gasteiger partial charge < -0.3 is 14.5 Å². The average molecular weight is 289 g/mol. The van der Waals surface area contributed by atoms with E-state index in [4.69, 9.17) is 4.74 Å². The first-order valence-electron chi connectivity index (χ1n) is 7.74. The van der Waals surface area contributed by atoms with Crippen molar-refractivity contribution in [1.82, 2.24) is 14.8 Å². The summed E-state index contributed by atoms with van der Waals surface area (Å²) >= 11 is 0. The van der Waals surface area contributed by atoms with Crippen LogP contribution in [-0.2, 0) is 11.2 Å². The van der Waals surface area contributed by atoms with Gasteiger partial charge in [-0.25, -0.2) is 0 Å². The predicted octanol–water partition coefficient (Wildman–Crippen LogP) is 1.19. The van der Waals surface area contributed by atoms with Gasteiger partial charge in [0.15, 0.2) is 0 Å². The summed E-state index contributed by atoms with van der Waals surface area (Å²) < 4.78 is 5.87. The molecular weight excluding hydrogens is 266 g/mol. The van der Waals surface area contributed by atoms with Crippen LogP contribution in [-0.4, -0.2) is 66.1 Å². The zero-order valence-corrected chi connectivity index (χ0v) is 12.8. The van der Waals surface area contributed by atoms with Crippen LogP contribution >= 0.6 is 0 Å². The van der Waals surface area contributed by atoms with Crippen molar-refractivity contribution in [1.29, 1.82) is 0 Å². The summed E-state index contributed by atoms with van der Waals surface area (Å²) in [6, 6.07) is 2.01. The second kappa shape index (κ2) is 6.12. The molecule has 5 heteroatoms. The predicted molar refractivity (Wildman–Crippen MR) is 80.3 cm³/mol. The number of carbonyl (C=O) groups is 1. The quantitative estimate of drug-likeness (QED) is 0.820. The van der Waals surface area contributed by atoms with Gasteiger partial charge in [0.1, 0.15) is 0 Å². The molecule has 2 atom stereocenters. The van der Waals surface area contributed by atoms with Crippen molar-refractivity contribution in [3.63, 3.8) is 0 Å². The molecule has 21 heavy (non-hydrogen) atoms. The van der Waals surface area contributed by atoms with E-state index < -0.39 is 0 Å². The van der Waals surface area contributed by atoms with E-state index in [1.165, 1.54) is 0 Å². The molecule has 0 spiro atoms. The molecule has 0 N–H and O–H groups in total. The van der Waals surface area contributed by atoms with Crippen LogP contribution in [0.1, 0.15) is 29.3 Å². The highest BCUT2D eigenvalue weighted by Crippen LogP contribution is 2.24. The number of hydrogen-bond acceptors (Lipinski definition) is 4. The fraction of sp³-hybridized carbons (Fsp3) is 0.625. The topological polar surface area (TPSA) is 45.7 Å². The van der Waals surface area contributed by atoms with Gasteiger partial charge in [0.25, 0.3) is 5.91 Å². The maximum absolute atomic E-state index is 13.0. The molecule has 0 unspecified atom stereocenters. The number of morpholine rings is 1. The molecule has 5 nitrogen and oxygen atoms in total. The lowest BCUT2D eigenvalue weighted by molar-refractivity contribution is -0.0870. The summed E-state index contributed by atoms with van der Waals surface area (Å²) in [6.07, 6.45) is 5.52. The number of fused-ring (bicyclic) bond motifs is 1. The molecule has 2 aliphatic rings. The fourth-order valence-corrected chi connectivity index (χ4v) is 3.35. The van der Waals surface area contributed by atoms with E-state index in [0.29, 0.717) is 13.2 Å². The van der Waals surface area contributed by atoms with Crippen molar-refractivity contribution in [2.45, 2.75) is 31.9 Å². The molecule has 0 aromatic carbocycles. The number of carbonyl (C=O) groups excluding carboxylic acids is 1. The fourth-order valence-electron chi connectivity index (χ4n) is 3.35. The monoisotopic (exact) mass is 289 g/mol. The maximum atomic E-state index is 13.0. The van der Waals surface area contributed by atoms with Gasteiger partial charge in [-0.1, -0.05) is 6.92 Å². The summed E-state index contributed by atoms with van der Waals surface area (Å²) in [7, 11) is 2.11. The molecular formula is C16H23N3O2. The molecule has 0 aliphatic carbocycles. The lowest BCUT2D eigenvalue weighted by Gasteiger charge is -2.46. The number of amides is 1. The Balaban J connectivity index is 1.85. The van der Waals surface area contributed by atoms with Crippen LogP contribution in [0.2, 0.25) is 0 Å². The van der Waals surface area contributed by atoms with Gasteiger partial charge in [-0.2, -0.15) is 0 Å². The number of aryl methyl sites for hydroxylation is 1. The largest absolute Gasteiger partial charge is 0.374 e. The van der Waals surface area contributed by atoms with Crippen molar-refractivity contribution >= 4 is 5.91 Å². The molecule has 0 saturated carbocycles. The van der Waals surface area contributed by atoms with E-state index >= 15 is 0 Å². The molecule has 0 bridgehead atoms. The summed E-state index contributed by atoms with van der Waals surface area (Å²) in [5, 5.41) is 0. The second-order valence-corrected chi connectivity index (χ2v) is 5.91. The molecule has 2 saturated heterocycles. The molecule has 2 aliphatic heterocycles. The summed E-state index contributed by atoms with van der Waals surface area (Å²) in [5.41, 5.74) is 1.82. The van der Waals surface area contributed by atoms with Crippen LogP contribution < -0.4 is 0 Å². The Labute approximate surface area is 125 Å². The Hall–Kier alpha value is -1.46. The van der Waals surface area contributed by atoms with E-state index in [9.17, 15) is 4.79 Å². The molecule has 2 fully saturated rings. The minimum absolute atomic E-state index is 0.128. The van der Waals surface area contributed by atoms with Crippen LogP contribution in [0.3, 0.4) is 0 Å². The van der Waals surface area contributed by atoms with Gasteiger partial charge in [0.05, 0.1) is 18.8 Å². The SMILES string of the molecule is CCc1cnccc1C(=O)N1CCO[C@H]2CCN(C)C[C@H]21. The highest BCUT2D eigenvalue weighted by atomic mass is 16.5. The van der Waals surface area contributed by atoms with Gasteiger partial charge in [-0.05, 0) is 31.5 Å². The standard InChI is InChI=1S/C16H23N3O2/c1-3-12-10-17-6-4-13(12)16(20)19-8-9-21-15-5-7-18(2)11-14(15)19/h4,6,10,14-15H,3,5,7-9,11H2,1-2H3/t14-,15+/m1/s1. The average Bonchev–Trinajstić information content (AvgIpc) is 2.53. The number of nitrogens with zero attached hydrogens (tertiary/aromatic N) is 3. The smallest absolute Gasteiger partial charge is 0.254 e. The number of likely N-dealkylation sites (tertiary alicyclic amines) is 1.